The van der Waals surface area contributed by atoms with Gasteiger partial charge in [-0.15, -0.1) is 10.2 Å². The standard InChI is InChI=1S/C9H10N4S2/c10-7-3-1-6(2-4-7)5-14-9-13-12-8(11)15-9/h1-4H,5,10H2,(H2,11,12). The van der Waals surface area contributed by atoms with Crippen molar-refractivity contribution in [3.63, 3.8) is 0 Å². The molecule has 0 saturated heterocycles. The first-order valence-electron chi connectivity index (χ1n) is 4.30. The van der Waals surface area contributed by atoms with Crippen LogP contribution < -0.4 is 11.5 Å². The summed E-state index contributed by atoms with van der Waals surface area (Å²) in [4.78, 5) is 0. The van der Waals surface area contributed by atoms with Gasteiger partial charge >= 0.3 is 0 Å². The molecule has 0 fully saturated rings. The zero-order valence-corrected chi connectivity index (χ0v) is 9.52. The van der Waals surface area contributed by atoms with Crippen LogP contribution in [0.25, 0.3) is 0 Å². The molecule has 0 saturated carbocycles. The summed E-state index contributed by atoms with van der Waals surface area (Å²) in [5.41, 5.74) is 13.1. The van der Waals surface area contributed by atoms with Crippen LogP contribution >= 0.6 is 23.1 Å². The Morgan fingerprint density at radius 1 is 1.13 bits per heavy atom. The molecule has 0 bridgehead atoms. The van der Waals surface area contributed by atoms with Crippen molar-refractivity contribution in [2.24, 2.45) is 0 Å². The summed E-state index contributed by atoms with van der Waals surface area (Å²) in [6.45, 7) is 0. The van der Waals surface area contributed by atoms with Gasteiger partial charge in [0.25, 0.3) is 0 Å². The molecular weight excluding hydrogens is 228 g/mol. The number of aromatic nitrogens is 2. The third kappa shape index (κ3) is 2.84. The number of rotatable bonds is 3. The predicted molar refractivity (Wildman–Crippen MR) is 64.7 cm³/mol. The van der Waals surface area contributed by atoms with Gasteiger partial charge in [-0.2, -0.15) is 0 Å². The molecule has 78 valence electrons. The molecule has 1 aromatic carbocycles. The second-order valence-electron chi connectivity index (χ2n) is 2.94. The van der Waals surface area contributed by atoms with Gasteiger partial charge in [0.2, 0.25) is 5.13 Å². The molecule has 1 aromatic heterocycles. The molecular formula is C9H10N4S2. The van der Waals surface area contributed by atoms with E-state index in [-0.39, 0.29) is 0 Å². The molecule has 0 aliphatic rings. The summed E-state index contributed by atoms with van der Waals surface area (Å²) in [6, 6.07) is 7.80. The Hall–Kier alpha value is -1.27. The summed E-state index contributed by atoms with van der Waals surface area (Å²) >= 11 is 3.03. The van der Waals surface area contributed by atoms with E-state index in [1.54, 1.807) is 11.8 Å². The van der Waals surface area contributed by atoms with Crippen molar-refractivity contribution in [1.82, 2.24) is 10.2 Å². The van der Waals surface area contributed by atoms with Crippen LogP contribution in [0.15, 0.2) is 28.6 Å². The molecule has 0 amide bonds. The van der Waals surface area contributed by atoms with E-state index < -0.39 is 0 Å². The Morgan fingerprint density at radius 3 is 2.47 bits per heavy atom. The lowest BCUT2D eigenvalue weighted by Crippen LogP contribution is -1.85. The van der Waals surface area contributed by atoms with E-state index in [1.165, 1.54) is 16.9 Å². The lowest BCUT2D eigenvalue weighted by atomic mass is 10.2. The number of anilines is 2. The minimum atomic E-state index is 0.509. The maximum absolute atomic E-state index is 5.59. The van der Waals surface area contributed by atoms with Crippen LogP contribution in [0.1, 0.15) is 5.56 Å². The third-order valence-corrected chi connectivity index (χ3v) is 3.72. The average Bonchev–Trinajstić information content (AvgIpc) is 2.64. The van der Waals surface area contributed by atoms with E-state index in [1.807, 2.05) is 24.3 Å². The largest absolute Gasteiger partial charge is 0.399 e. The van der Waals surface area contributed by atoms with Gasteiger partial charge in [-0.25, -0.2) is 0 Å². The highest BCUT2D eigenvalue weighted by Crippen LogP contribution is 2.26. The number of hydrogen-bond acceptors (Lipinski definition) is 6. The fraction of sp³-hybridized carbons (Fsp3) is 0.111. The van der Waals surface area contributed by atoms with E-state index in [0.29, 0.717) is 5.13 Å². The van der Waals surface area contributed by atoms with Gasteiger partial charge in [-0.3, -0.25) is 0 Å². The normalized spacial score (nSPS) is 10.4. The van der Waals surface area contributed by atoms with Gasteiger partial charge < -0.3 is 11.5 Å². The Labute approximate surface area is 95.7 Å². The first-order valence-corrected chi connectivity index (χ1v) is 6.10. The van der Waals surface area contributed by atoms with Crippen molar-refractivity contribution < 1.29 is 0 Å². The first kappa shape index (κ1) is 10.3. The van der Waals surface area contributed by atoms with E-state index in [4.69, 9.17) is 11.5 Å². The summed E-state index contributed by atoms with van der Waals surface area (Å²) in [5.74, 6) is 0.856. The number of thioether (sulfide) groups is 1. The number of hydrogen-bond donors (Lipinski definition) is 2. The first-order chi connectivity index (χ1) is 7.24. The minimum absolute atomic E-state index is 0.509. The van der Waals surface area contributed by atoms with Gasteiger partial charge in [0.05, 0.1) is 0 Å². The van der Waals surface area contributed by atoms with Gasteiger partial charge in [0.15, 0.2) is 4.34 Å². The van der Waals surface area contributed by atoms with Crippen LogP contribution in [0.2, 0.25) is 0 Å². The van der Waals surface area contributed by atoms with Crippen LogP contribution in [0.5, 0.6) is 0 Å². The van der Waals surface area contributed by atoms with E-state index >= 15 is 0 Å². The highest BCUT2D eigenvalue weighted by molar-refractivity contribution is 8.00. The zero-order valence-electron chi connectivity index (χ0n) is 7.88. The van der Waals surface area contributed by atoms with Crippen LogP contribution in [0.4, 0.5) is 10.8 Å². The number of nitrogen functional groups attached to an aromatic ring is 2. The average molecular weight is 238 g/mol. The van der Waals surface area contributed by atoms with Gasteiger partial charge in [0.1, 0.15) is 0 Å². The van der Waals surface area contributed by atoms with E-state index in [2.05, 4.69) is 10.2 Å². The SMILES string of the molecule is Nc1ccc(CSc2nnc(N)s2)cc1. The van der Waals surface area contributed by atoms with Crippen LogP contribution in [-0.2, 0) is 5.75 Å². The number of benzene rings is 1. The molecule has 15 heavy (non-hydrogen) atoms. The molecule has 1 heterocycles. The quantitative estimate of drug-likeness (QED) is 0.631. The second-order valence-corrected chi connectivity index (χ2v) is 5.17. The predicted octanol–water partition coefficient (Wildman–Crippen LogP) is 1.99. The Balaban J connectivity index is 1.96. The molecule has 2 aromatic rings. The number of nitrogens with zero attached hydrogens (tertiary/aromatic N) is 2. The van der Waals surface area contributed by atoms with Crippen LogP contribution in [0.3, 0.4) is 0 Å². The molecule has 0 spiro atoms. The van der Waals surface area contributed by atoms with Crippen molar-refractivity contribution in [2.45, 2.75) is 10.1 Å². The second kappa shape index (κ2) is 4.50. The fourth-order valence-electron chi connectivity index (χ4n) is 1.04. The van der Waals surface area contributed by atoms with Crippen molar-refractivity contribution in [2.75, 3.05) is 11.5 Å². The summed E-state index contributed by atoms with van der Waals surface area (Å²) in [6.07, 6.45) is 0. The fourth-order valence-corrected chi connectivity index (χ4v) is 2.63. The Kier molecular flexibility index (Phi) is 3.08. The van der Waals surface area contributed by atoms with Crippen molar-refractivity contribution in [1.29, 1.82) is 0 Å². The summed E-state index contributed by atoms with van der Waals surface area (Å²) in [5, 5.41) is 8.19. The molecule has 4 N–H and O–H groups in total. The molecule has 0 unspecified atom stereocenters. The number of nitrogens with two attached hydrogens (primary N) is 2. The highest BCUT2D eigenvalue weighted by Gasteiger charge is 2.01. The van der Waals surface area contributed by atoms with Crippen molar-refractivity contribution in [3.05, 3.63) is 29.8 Å². The molecule has 0 aliphatic heterocycles. The van der Waals surface area contributed by atoms with Gasteiger partial charge in [0, 0.05) is 11.4 Å². The van der Waals surface area contributed by atoms with E-state index in [9.17, 15) is 0 Å². The topological polar surface area (TPSA) is 77.8 Å². The smallest absolute Gasteiger partial charge is 0.203 e. The molecule has 0 aliphatic carbocycles. The van der Waals surface area contributed by atoms with Gasteiger partial charge in [-0.1, -0.05) is 35.2 Å². The summed E-state index contributed by atoms with van der Waals surface area (Å²) < 4.78 is 0.893. The lowest BCUT2D eigenvalue weighted by Gasteiger charge is -1.98. The third-order valence-electron chi connectivity index (χ3n) is 1.76. The van der Waals surface area contributed by atoms with Crippen molar-refractivity contribution >= 4 is 33.9 Å². The zero-order chi connectivity index (χ0) is 10.7. The summed E-state index contributed by atoms with van der Waals surface area (Å²) in [7, 11) is 0. The molecule has 2 rings (SSSR count). The molecule has 6 heteroatoms. The maximum Gasteiger partial charge on any atom is 0.203 e. The lowest BCUT2D eigenvalue weighted by molar-refractivity contribution is 1.02. The minimum Gasteiger partial charge on any atom is -0.399 e. The molecule has 0 atom stereocenters. The Morgan fingerprint density at radius 2 is 1.87 bits per heavy atom. The van der Waals surface area contributed by atoms with Crippen molar-refractivity contribution in [3.8, 4) is 0 Å². The van der Waals surface area contributed by atoms with Crippen LogP contribution in [-0.4, -0.2) is 10.2 Å². The molecule has 4 nitrogen and oxygen atoms in total. The van der Waals surface area contributed by atoms with E-state index in [0.717, 1.165) is 15.8 Å². The van der Waals surface area contributed by atoms with Crippen LogP contribution in [0, 0.1) is 0 Å². The van der Waals surface area contributed by atoms with Gasteiger partial charge in [-0.05, 0) is 17.7 Å². The highest BCUT2D eigenvalue weighted by atomic mass is 32.2. The molecule has 0 radical (unpaired) electrons. The maximum atomic E-state index is 5.59. The Bertz CT molecular complexity index is 438. The monoisotopic (exact) mass is 238 g/mol.